The van der Waals surface area contributed by atoms with Gasteiger partial charge in [-0.25, -0.2) is 0 Å². The maximum atomic E-state index is 12.4. The van der Waals surface area contributed by atoms with Crippen LogP contribution >= 0.6 is 0 Å². The van der Waals surface area contributed by atoms with Crippen molar-refractivity contribution in [3.63, 3.8) is 0 Å². The predicted molar refractivity (Wildman–Crippen MR) is 74.5 cm³/mol. The van der Waals surface area contributed by atoms with Crippen LogP contribution in [0.3, 0.4) is 0 Å². The van der Waals surface area contributed by atoms with Crippen molar-refractivity contribution >= 4 is 21.8 Å². The molecule has 3 rings (SSSR count). The van der Waals surface area contributed by atoms with Crippen LogP contribution in [-0.2, 0) is 6.54 Å². The van der Waals surface area contributed by atoms with Gasteiger partial charge < -0.3 is 4.57 Å². The lowest BCUT2D eigenvalue weighted by Crippen LogP contribution is -2.10. The van der Waals surface area contributed by atoms with E-state index >= 15 is 0 Å². The van der Waals surface area contributed by atoms with Crippen LogP contribution in [0.25, 0.3) is 21.8 Å². The number of fused-ring (bicyclic) bond motifs is 2. The fraction of sp³-hybridized carbons (Fsp3) is 0.0625. The Morgan fingerprint density at radius 2 is 1.44 bits per heavy atom. The Balaban J connectivity index is 2.64. The van der Waals surface area contributed by atoms with Crippen molar-refractivity contribution in [3.8, 4) is 12.3 Å². The van der Waals surface area contributed by atoms with E-state index in [1.165, 1.54) is 0 Å². The van der Waals surface area contributed by atoms with Crippen LogP contribution in [0.15, 0.2) is 53.3 Å². The highest BCUT2D eigenvalue weighted by Gasteiger charge is 2.08. The molecule has 0 amide bonds. The van der Waals surface area contributed by atoms with Crippen LogP contribution < -0.4 is 5.43 Å². The molecule has 0 unspecified atom stereocenters. The van der Waals surface area contributed by atoms with Gasteiger partial charge in [0.15, 0.2) is 5.43 Å². The first-order valence-electron chi connectivity index (χ1n) is 5.76. The molecule has 86 valence electrons. The van der Waals surface area contributed by atoms with Crippen LogP contribution in [0.4, 0.5) is 0 Å². The second-order valence-electron chi connectivity index (χ2n) is 4.15. The molecule has 0 aliphatic carbocycles. The van der Waals surface area contributed by atoms with E-state index in [-0.39, 0.29) is 5.43 Å². The van der Waals surface area contributed by atoms with E-state index in [0.29, 0.717) is 17.3 Å². The Morgan fingerprint density at radius 1 is 0.944 bits per heavy atom. The zero-order valence-electron chi connectivity index (χ0n) is 9.76. The number of aromatic nitrogens is 1. The molecule has 0 radical (unpaired) electrons. The number of hydrogen-bond donors (Lipinski definition) is 0. The average Bonchev–Trinajstić information content (AvgIpc) is 2.43. The third-order valence-corrected chi connectivity index (χ3v) is 3.13. The minimum absolute atomic E-state index is 0.0643. The summed E-state index contributed by atoms with van der Waals surface area (Å²) in [7, 11) is 0. The number of rotatable bonds is 1. The number of pyridine rings is 1. The highest BCUT2D eigenvalue weighted by molar-refractivity contribution is 5.93. The maximum Gasteiger partial charge on any atom is 0.197 e. The summed E-state index contributed by atoms with van der Waals surface area (Å²) < 4.78 is 2.01. The molecule has 0 aliphatic rings. The lowest BCUT2D eigenvalue weighted by atomic mass is 10.1. The first-order valence-corrected chi connectivity index (χ1v) is 5.76. The van der Waals surface area contributed by atoms with Gasteiger partial charge in [-0.15, -0.1) is 6.42 Å². The van der Waals surface area contributed by atoms with Crippen molar-refractivity contribution in [1.29, 1.82) is 0 Å². The molecule has 0 saturated carbocycles. The van der Waals surface area contributed by atoms with Gasteiger partial charge in [0.05, 0.1) is 17.6 Å². The Kier molecular flexibility index (Phi) is 2.39. The quantitative estimate of drug-likeness (QED) is 0.468. The highest BCUT2D eigenvalue weighted by atomic mass is 16.1. The van der Waals surface area contributed by atoms with Gasteiger partial charge in [0, 0.05) is 10.8 Å². The summed E-state index contributed by atoms with van der Waals surface area (Å²) in [5, 5.41) is 1.43. The SMILES string of the molecule is C#CCn1c2ccccc2c(=O)c2ccccc21. The topological polar surface area (TPSA) is 22.0 Å². The smallest absolute Gasteiger partial charge is 0.197 e. The molecule has 2 heteroatoms. The van der Waals surface area contributed by atoms with Crippen LogP contribution in [0.2, 0.25) is 0 Å². The Morgan fingerprint density at radius 3 is 1.94 bits per heavy atom. The number of nitrogens with zero attached hydrogens (tertiary/aromatic N) is 1. The second kappa shape index (κ2) is 4.05. The normalized spacial score (nSPS) is 10.6. The molecule has 0 spiro atoms. The molecule has 1 aromatic heterocycles. The van der Waals surface area contributed by atoms with Crippen molar-refractivity contribution in [2.75, 3.05) is 0 Å². The molecule has 2 aromatic carbocycles. The molecule has 2 nitrogen and oxygen atoms in total. The van der Waals surface area contributed by atoms with Crippen LogP contribution in [0.1, 0.15) is 0 Å². The minimum Gasteiger partial charge on any atom is -0.328 e. The van der Waals surface area contributed by atoms with Gasteiger partial charge in [0.2, 0.25) is 0 Å². The van der Waals surface area contributed by atoms with E-state index in [4.69, 9.17) is 6.42 Å². The monoisotopic (exact) mass is 233 g/mol. The van der Waals surface area contributed by atoms with Gasteiger partial charge in [-0.05, 0) is 24.3 Å². The molecular formula is C16H11NO. The Bertz CT molecular complexity index is 777. The molecule has 1 heterocycles. The lowest BCUT2D eigenvalue weighted by Gasteiger charge is -2.12. The molecule has 0 bridgehead atoms. The van der Waals surface area contributed by atoms with Crippen LogP contribution in [-0.4, -0.2) is 4.57 Å². The lowest BCUT2D eigenvalue weighted by molar-refractivity contribution is 0.915. The molecule has 0 fully saturated rings. The van der Waals surface area contributed by atoms with E-state index in [9.17, 15) is 4.79 Å². The molecule has 3 aromatic rings. The summed E-state index contributed by atoms with van der Waals surface area (Å²) >= 11 is 0. The minimum atomic E-state index is 0.0643. The summed E-state index contributed by atoms with van der Waals surface area (Å²) in [5.74, 6) is 2.65. The second-order valence-corrected chi connectivity index (χ2v) is 4.15. The summed E-state index contributed by atoms with van der Waals surface area (Å²) in [6.07, 6.45) is 5.43. The van der Waals surface area contributed by atoms with E-state index in [0.717, 1.165) is 11.0 Å². The highest BCUT2D eigenvalue weighted by Crippen LogP contribution is 2.18. The average molecular weight is 233 g/mol. The van der Waals surface area contributed by atoms with Gasteiger partial charge in [-0.1, -0.05) is 30.2 Å². The number of para-hydroxylation sites is 2. The largest absolute Gasteiger partial charge is 0.328 e. The number of terminal acetylenes is 1. The summed E-state index contributed by atoms with van der Waals surface area (Å²) in [6.45, 7) is 0.460. The van der Waals surface area contributed by atoms with Gasteiger partial charge >= 0.3 is 0 Å². The van der Waals surface area contributed by atoms with Crippen molar-refractivity contribution in [3.05, 3.63) is 58.8 Å². The van der Waals surface area contributed by atoms with Crippen LogP contribution in [0.5, 0.6) is 0 Å². The third kappa shape index (κ3) is 1.42. The zero-order valence-corrected chi connectivity index (χ0v) is 9.76. The fourth-order valence-corrected chi connectivity index (χ4v) is 2.34. The summed E-state index contributed by atoms with van der Waals surface area (Å²) in [4.78, 5) is 12.4. The number of hydrogen-bond acceptors (Lipinski definition) is 1. The van der Waals surface area contributed by atoms with E-state index in [1.54, 1.807) is 0 Å². The van der Waals surface area contributed by atoms with Crippen LogP contribution in [0, 0.1) is 12.3 Å². The van der Waals surface area contributed by atoms with Gasteiger partial charge in [-0.2, -0.15) is 0 Å². The molecule has 0 N–H and O–H groups in total. The summed E-state index contributed by atoms with van der Waals surface area (Å²) in [5.41, 5.74) is 1.84. The maximum absolute atomic E-state index is 12.4. The number of benzene rings is 2. The first kappa shape index (κ1) is 10.6. The molecular weight excluding hydrogens is 222 g/mol. The summed E-state index contributed by atoms with van der Waals surface area (Å²) in [6, 6.07) is 15.1. The van der Waals surface area contributed by atoms with Crippen molar-refractivity contribution in [2.24, 2.45) is 0 Å². The van der Waals surface area contributed by atoms with Crippen molar-refractivity contribution in [2.45, 2.75) is 6.54 Å². The van der Waals surface area contributed by atoms with Crippen molar-refractivity contribution in [1.82, 2.24) is 4.57 Å². The molecule has 0 atom stereocenters. The molecule has 0 saturated heterocycles. The van der Waals surface area contributed by atoms with Gasteiger partial charge in [0.25, 0.3) is 0 Å². The third-order valence-electron chi connectivity index (χ3n) is 3.13. The molecule has 0 aliphatic heterocycles. The fourth-order valence-electron chi connectivity index (χ4n) is 2.34. The van der Waals surface area contributed by atoms with E-state index in [2.05, 4.69) is 5.92 Å². The Labute approximate surface area is 104 Å². The zero-order chi connectivity index (χ0) is 12.5. The van der Waals surface area contributed by atoms with E-state index in [1.807, 2.05) is 53.1 Å². The standard InChI is InChI=1S/C16H11NO/c1-2-11-17-14-9-5-3-7-12(14)16(18)13-8-4-6-10-15(13)17/h1,3-10H,11H2. The first-order chi connectivity index (χ1) is 8.83. The van der Waals surface area contributed by atoms with Crippen molar-refractivity contribution < 1.29 is 0 Å². The van der Waals surface area contributed by atoms with Gasteiger partial charge in [0.1, 0.15) is 0 Å². The van der Waals surface area contributed by atoms with E-state index < -0.39 is 0 Å². The predicted octanol–water partition coefficient (Wildman–Crippen LogP) is 2.79. The van der Waals surface area contributed by atoms with Gasteiger partial charge in [-0.3, -0.25) is 4.79 Å². The Hall–Kier alpha value is -2.53. The molecule has 18 heavy (non-hydrogen) atoms.